The average molecular weight is 200 g/mol. The van der Waals surface area contributed by atoms with Gasteiger partial charge in [0.15, 0.2) is 5.17 Å². The standard InChI is InChI=1S/C5H7BN2O2S.C2H6/c1-10-4(9)2-3(6)8-5(7)11-2;1-2/h2-3H,1H3,(H2,7,8);1-2H3. The Balaban J connectivity index is 0.000000671. The quantitative estimate of drug-likeness (QED) is 0.482. The highest BCUT2D eigenvalue weighted by atomic mass is 32.2. The monoisotopic (exact) mass is 200 g/mol. The van der Waals surface area contributed by atoms with E-state index in [1.807, 2.05) is 13.8 Å². The maximum Gasteiger partial charge on any atom is 0.320 e. The summed E-state index contributed by atoms with van der Waals surface area (Å²) < 4.78 is 4.48. The van der Waals surface area contributed by atoms with Gasteiger partial charge in [-0.05, 0) is 0 Å². The van der Waals surface area contributed by atoms with Crippen molar-refractivity contribution >= 4 is 30.7 Å². The first kappa shape index (κ1) is 12.4. The minimum Gasteiger partial charge on any atom is -0.468 e. The van der Waals surface area contributed by atoms with E-state index in [9.17, 15) is 4.79 Å². The van der Waals surface area contributed by atoms with Crippen molar-refractivity contribution in [3.8, 4) is 0 Å². The lowest BCUT2D eigenvalue weighted by Gasteiger charge is -2.09. The molecule has 2 unspecified atom stereocenters. The molecule has 0 saturated carbocycles. The summed E-state index contributed by atoms with van der Waals surface area (Å²) in [6.07, 6.45) is 0. The van der Waals surface area contributed by atoms with Crippen LogP contribution in [0, 0.1) is 0 Å². The number of esters is 1. The van der Waals surface area contributed by atoms with E-state index < -0.39 is 11.2 Å². The molecular weight excluding hydrogens is 187 g/mol. The summed E-state index contributed by atoms with van der Waals surface area (Å²) in [5.74, 6) is -0.945. The lowest BCUT2D eigenvalue weighted by atomic mass is 9.94. The van der Waals surface area contributed by atoms with E-state index in [2.05, 4.69) is 9.73 Å². The van der Waals surface area contributed by atoms with Crippen molar-refractivity contribution in [3.05, 3.63) is 0 Å². The maximum absolute atomic E-state index is 10.9. The molecule has 2 atom stereocenters. The van der Waals surface area contributed by atoms with Crippen LogP contribution >= 0.6 is 11.8 Å². The van der Waals surface area contributed by atoms with Gasteiger partial charge in [-0.3, -0.25) is 9.79 Å². The van der Waals surface area contributed by atoms with Crippen LogP contribution in [0.5, 0.6) is 0 Å². The third kappa shape index (κ3) is 3.30. The first-order valence-electron chi connectivity index (χ1n) is 3.98. The Morgan fingerprint density at radius 1 is 1.69 bits per heavy atom. The molecule has 1 heterocycles. The fourth-order valence-corrected chi connectivity index (χ4v) is 1.58. The molecule has 0 saturated heterocycles. The van der Waals surface area contributed by atoms with Crippen molar-refractivity contribution in [2.45, 2.75) is 25.0 Å². The normalized spacial score (nSPS) is 25.6. The summed E-state index contributed by atoms with van der Waals surface area (Å²) in [4.78, 5) is 14.7. The van der Waals surface area contributed by atoms with E-state index in [-0.39, 0.29) is 5.97 Å². The molecule has 1 aliphatic rings. The summed E-state index contributed by atoms with van der Waals surface area (Å²) in [6.45, 7) is 4.00. The summed E-state index contributed by atoms with van der Waals surface area (Å²) in [5, 5.41) is -0.132. The third-order valence-corrected chi connectivity index (χ3v) is 2.34. The van der Waals surface area contributed by atoms with Crippen LogP contribution in [0.2, 0.25) is 0 Å². The molecule has 0 spiro atoms. The summed E-state index contributed by atoms with van der Waals surface area (Å²) in [6, 6.07) is 0. The number of aliphatic imine (C=N–C) groups is 1. The molecule has 72 valence electrons. The molecule has 0 bridgehead atoms. The smallest absolute Gasteiger partial charge is 0.320 e. The van der Waals surface area contributed by atoms with Gasteiger partial charge in [0.05, 0.1) is 7.11 Å². The van der Waals surface area contributed by atoms with Crippen molar-refractivity contribution < 1.29 is 9.53 Å². The molecule has 1 rings (SSSR count). The van der Waals surface area contributed by atoms with Crippen LogP contribution < -0.4 is 5.73 Å². The van der Waals surface area contributed by atoms with Crippen molar-refractivity contribution in [2.75, 3.05) is 7.11 Å². The Morgan fingerprint density at radius 3 is 2.54 bits per heavy atom. The molecule has 4 nitrogen and oxygen atoms in total. The van der Waals surface area contributed by atoms with Crippen LogP contribution in [-0.4, -0.2) is 37.3 Å². The molecule has 2 radical (unpaired) electrons. The van der Waals surface area contributed by atoms with E-state index in [0.717, 1.165) is 11.8 Å². The number of ether oxygens (including phenoxy) is 1. The second kappa shape index (κ2) is 5.91. The van der Waals surface area contributed by atoms with Gasteiger partial charge in [-0.2, -0.15) is 0 Å². The van der Waals surface area contributed by atoms with Crippen molar-refractivity contribution in [3.63, 3.8) is 0 Å². The number of hydrogen-bond donors (Lipinski definition) is 1. The zero-order valence-electron chi connectivity index (χ0n) is 7.98. The summed E-state index contributed by atoms with van der Waals surface area (Å²) >= 11 is 1.13. The van der Waals surface area contributed by atoms with Gasteiger partial charge in [0, 0.05) is 5.94 Å². The highest BCUT2D eigenvalue weighted by molar-refractivity contribution is 8.15. The van der Waals surface area contributed by atoms with Gasteiger partial charge in [0.1, 0.15) is 13.1 Å². The summed E-state index contributed by atoms with van der Waals surface area (Å²) in [5.41, 5.74) is 5.33. The Labute approximate surface area is 83.7 Å². The fourth-order valence-electron chi connectivity index (χ4n) is 0.749. The number of carbonyl (C=O) groups excluding carboxylic acids is 1. The second-order valence-electron chi connectivity index (χ2n) is 2.02. The van der Waals surface area contributed by atoms with E-state index in [0.29, 0.717) is 5.17 Å². The number of methoxy groups -OCH3 is 1. The lowest BCUT2D eigenvalue weighted by Crippen LogP contribution is -2.28. The molecule has 1 aliphatic heterocycles. The fraction of sp³-hybridized carbons (Fsp3) is 0.714. The number of amidine groups is 1. The van der Waals surface area contributed by atoms with Crippen molar-refractivity contribution in [1.82, 2.24) is 0 Å². The number of thioether (sulfide) groups is 1. The molecule has 0 aromatic heterocycles. The molecule has 6 heteroatoms. The van der Waals surface area contributed by atoms with Gasteiger partial charge >= 0.3 is 5.97 Å². The average Bonchev–Trinajstić information content (AvgIpc) is 2.47. The van der Waals surface area contributed by atoms with Crippen LogP contribution in [0.25, 0.3) is 0 Å². The zero-order valence-corrected chi connectivity index (χ0v) is 8.80. The SMILES string of the molecule is CC.[B]C1N=C(N)SC1C(=O)OC. The Bertz CT molecular complexity index is 211. The highest BCUT2D eigenvalue weighted by Crippen LogP contribution is 2.23. The van der Waals surface area contributed by atoms with Gasteiger partial charge in [0.25, 0.3) is 0 Å². The van der Waals surface area contributed by atoms with Gasteiger partial charge in [-0.15, -0.1) is 0 Å². The molecule has 2 N–H and O–H groups in total. The molecule has 0 aromatic carbocycles. The second-order valence-corrected chi connectivity index (χ2v) is 3.18. The van der Waals surface area contributed by atoms with Crippen LogP contribution in [-0.2, 0) is 9.53 Å². The highest BCUT2D eigenvalue weighted by Gasteiger charge is 2.31. The largest absolute Gasteiger partial charge is 0.468 e. The predicted octanol–water partition coefficient (Wildman–Crippen LogP) is 0.110. The number of carbonyl (C=O) groups is 1. The first-order chi connectivity index (χ1) is 6.15. The van der Waals surface area contributed by atoms with Crippen LogP contribution in [0.15, 0.2) is 4.99 Å². The van der Waals surface area contributed by atoms with Gasteiger partial charge < -0.3 is 10.5 Å². The van der Waals surface area contributed by atoms with Gasteiger partial charge in [0.2, 0.25) is 0 Å². The molecule has 0 fully saturated rings. The molecule has 0 aliphatic carbocycles. The lowest BCUT2D eigenvalue weighted by molar-refractivity contribution is -0.139. The molecule has 0 aromatic rings. The minimum absolute atomic E-state index is 0.341. The van der Waals surface area contributed by atoms with E-state index >= 15 is 0 Å². The van der Waals surface area contributed by atoms with Gasteiger partial charge in [-0.25, -0.2) is 0 Å². The van der Waals surface area contributed by atoms with E-state index in [1.165, 1.54) is 7.11 Å². The summed E-state index contributed by atoms with van der Waals surface area (Å²) in [7, 11) is 6.77. The van der Waals surface area contributed by atoms with Crippen molar-refractivity contribution in [1.29, 1.82) is 0 Å². The predicted molar refractivity (Wildman–Crippen MR) is 55.9 cm³/mol. The van der Waals surface area contributed by atoms with Crippen molar-refractivity contribution in [2.24, 2.45) is 10.7 Å². The maximum atomic E-state index is 10.9. The molecular formula is C7H13BN2O2S. The first-order valence-corrected chi connectivity index (χ1v) is 4.86. The van der Waals surface area contributed by atoms with Crippen LogP contribution in [0.3, 0.4) is 0 Å². The Hall–Kier alpha value is -0.645. The van der Waals surface area contributed by atoms with Crippen LogP contribution in [0.1, 0.15) is 13.8 Å². The Kier molecular flexibility index (Phi) is 5.62. The zero-order chi connectivity index (χ0) is 10.4. The molecule has 0 amide bonds. The van der Waals surface area contributed by atoms with Gasteiger partial charge in [-0.1, -0.05) is 25.6 Å². The number of hydrogen-bond acceptors (Lipinski definition) is 5. The number of nitrogens with zero attached hydrogens (tertiary/aromatic N) is 1. The Morgan fingerprint density at radius 2 is 2.23 bits per heavy atom. The topological polar surface area (TPSA) is 64.7 Å². The van der Waals surface area contributed by atoms with E-state index in [4.69, 9.17) is 13.6 Å². The molecule has 13 heavy (non-hydrogen) atoms. The van der Waals surface area contributed by atoms with E-state index in [1.54, 1.807) is 0 Å². The number of nitrogens with two attached hydrogens (primary N) is 1. The van der Waals surface area contributed by atoms with Crippen LogP contribution in [0.4, 0.5) is 0 Å². The number of rotatable bonds is 1. The minimum atomic E-state index is -0.563. The third-order valence-electron chi connectivity index (χ3n) is 1.27.